The van der Waals surface area contributed by atoms with E-state index in [0.717, 1.165) is 35.8 Å². The van der Waals surface area contributed by atoms with E-state index >= 15 is 0 Å². The molecule has 0 radical (unpaired) electrons. The summed E-state index contributed by atoms with van der Waals surface area (Å²) in [7, 11) is 0. The van der Waals surface area contributed by atoms with Crippen LogP contribution in [0.5, 0.6) is 0 Å². The van der Waals surface area contributed by atoms with Crippen molar-refractivity contribution in [2.75, 3.05) is 12.8 Å². The van der Waals surface area contributed by atoms with Gasteiger partial charge in [-0.25, -0.2) is 4.98 Å². The predicted molar refractivity (Wildman–Crippen MR) is 103 cm³/mol. The molecule has 0 spiro atoms. The molecule has 3 heterocycles. The standard InChI is InChI=1S/C20H20N4OS/c1-26-20-22-11-13-23(20)17-5-2-4-16(14-17)19(25)24-12-3-6-18(24)15-7-9-21-10-8-15/h2,4-5,7-11,13-14,18H,3,6,12H2,1H3/t18-/m0/s1. The van der Waals surface area contributed by atoms with Crippen LogP contribution in [0, 0.1) is 0 Å². The molecule has 1 aliphatic rings. The molecule has 2 aromatic heterocycles. The number of carbonyl (C=O) groups excluding carboxylic acids is 1. The molecule has 0 aliphatic carbocycles. The number of carbonyl (C=O) groups is 1. The summed E-state index contributed by atoms with van der Waals surface area (Å²) in [5.74, 6) is 0.0805. The fourth-order valence-electron chi connectivity index (χ4n) is 3.53. The second kappa shape index (κ2) is 7.33. The molecule has 3 aromatic rings. The van der Waals surface area contributed by atoms with Gasteiger partial charge in [-0.2, -0.15) is 0 Å². The normalized spacial score (nSPS) is 16.8. The highest BCUT2D eigenvalue weighted by Crippen LogP contribution is 2.33. The van der Waals surface area contributed by atoms with Crippen molar-refractivity contribution in [3.63, 3.8) is 0 Å². The van der Waals surface area contributed by atoms with Gasteiger partial charge in [0.1, 0.15) is 0 Å². The van der Waals surface area contributed by atoms with Crippen molar-refractivity contribution in [1.29, 1.82) is 0 Å². The number of thioether (sulfide) groups is 1. The highest BCUT2D eigenvalue weighted by molar-refractivity contribution is 7.98. The van der Waals surface area contributed by atoms with Crippen LogP contribution < -0.4 is 0 Å². The molecular formula is C20H20N4OS. The van der Waals surface area contributed by atoms with Crippen molar-refractivity contribution in [3.05, 3.63) is 72.3 Å². The van der Waals surface area contributed by atoms with E-state index in [2.05, 4.69) is 9.97 Å². The molecule has 26 heavy (non-hydrogen) atoms. The highest BCUT2D eigenvalue weighted by Gasteiger charge is 2.30. The van der Waals surface area contributed by atoms with Crippen LogP contribution >= 0.6 is 11.8 Å². The van der Waals surface area contributed by atoms with Crippen LogP contribution in [0.1, 0.15) is 34.8 Å². The van der Waals surface area contributed by atoms with Crippen LogP contribution in [0.2, 0.25) is 0 Å². The van der Waals surface area contributed by atoms with Crippen molar-refractivity contribution in [1.82, 2.24) is 19.4 Å². The second-order valence-electron chi connectivity index (χ2n) is 6.27. The lowest BCUT2D eigenvalue weighted by Crippen LogP contribution is -2.30. The Morgan fingerprint density at radius 1 is 1.19 bits per heavy atom. The van der Waals surface area contributed by atoms with Gasteiger partial charge in [0.05, 0.1) is 6.04 Å². The molecule has 0 bridgehead atoms. The van der Waals surface area contributed by atoms with Crippen LogP contribution in [-0.4, -0.2) is 38.1 Å². The van der Waals surface area contributed by atoms with Crippen molar-refractivity contribution < 1.29 is 4.79 Å². The van der Waals surface area contributed by atoms with Gasteiger partial charge >= 0.3 is 0 Å². The third kappa shape index (κ3) is 3.12. The van der Waals surface area contributed by atoms with Crippen LogP contribution in [0.15, 0.2) is 66.3 Å². The summed E-state index contributed by atoms with van der Waals surface area (Å²) in [6, 6.07) is 11.9. The first-order valence-electron chi connectivity index (χ1n) is 8.66. The zero-order valence-corrected chi connectivity index (χ0v) is 15.4. The third-order valence-electron chi connectivity index (χ3n) is 4.77. The van der Waals surface area contributed by atoms with Gasteiger partial charge in [0.2, 0.25) is 0 Å². The van der Waals surface area contributed by atoms with E-state index in [1.54, 1.807) is 30.4 Å². The average molecular weight is 364 g/mol. The Morgan fingerprint density at radius 3 is 2.85 bits per heavy atom. The number of hydrogen-bond acceptors (Lipinski definition) is 4. The minimum atomic E-state index is 0.0805. The highest BCUT2D eigenvalue weighted by atomic mass is 32.2. The Kier molecular flexibility index (Phi) is 4.75. The molecule has 1 saturated heterocycles. The van der Waals surface area contributed by atoms with Crippen LogP contribution in [0.25, 0.3) is 5.69 Å². The molecule has 1 aromatic carbocycles. The van der Waals surface area contributed by atoms with Crippen molar-refractivity contribution in [2.45, 2.75) is 24.0 Å². The molecule has 1 amide bonds. The molecule has 132 valence electrons. The number of rotatable bonds is 4. The van der Waals surface area contributed by atoms with Gasteiger partial charge in [0.15, 0.2) is 5.16 Å². The smallest absolute Gasteiger partial charge is 0.254 e. The van der Waals surface area contributed by atoms with Crippen molar-refractivity contribution in [3.8, 4) is 5.69 Å². The number of likely N-dealkylation sites (tertiary alicyclic amines) is 1. The van der Waals surface area contributed by atoms with Crippen LogP contribution in [0.4, 0.5) is 0 Å². The van der Waals surface area contributed by atoms with Crippen LogP contribution in [0.3, 0.4) is 0 Å². The maximum atomic E-state index is 13.2. The number of hydrogen-bond donors (Lipinski definition) is 0. The summed E-state index contributed by atoms with van der Waals surface area (Å²) in [6.07, 6.45) is 11.3. The van der Waals surface area contributed by atoms with Gasteiger partial charge in [0, 0.05) is 42.6 Å². The van der Waals surface area contributed by atoms with E-state index < -0.39 is 0 Å². The lowest BCUT2D eigenvalue weighted by molar-refractivity contribution is 0.0735. The van der Waals surface area contributed by atoms with E-state index in [1.165, 1.54) is 0 Å². The second-order valence-corrected chi connectivity index (χ2v) is 7.04. The number of imidazole rings is 1. The van der Waals surface area contributed by atoms with Crippen molar-refractivity contribution >= 4 is 17.7 Å². The number of benzene rings is 1. The fraction of sp³-hybridized carbons (Fsp3) is 0.250. The topological polar surface area (TPSA) is 51.0 Å². The summed E-state index contributed by atoms with van der Waals surface area (Å²) in [5, 5.41) is 0.908. The van der Waals surface area contributed by atoms with E-state index in [-0.39, 0.29) is 11.9 Å². The number of pyridine rings is 1. The Bertz CT molecular complexity index is 909. The first kappa shape index (κ1) is 16.8. The molecule has 5 nitrogen and oxygen atoms in total. The monoisotopic (exact) mass is 364 g/mol. The van der Waals surface area contributed by atoms with Gasteiger partial charge in [-0.3, -0.25) is 14.3 Å². The number of nitrogens with zero attached hydrogens (tertiary/aromatic N) is 4. The third-order valence-corrected chi connectivity index (χ3v) is 5.43. The lowest BCUT2D eigenvalue weighted by Gasteiger charge is -2.25. The Morgan fingerprint density at radius 2 is 2.04 bits per heavy atom. The Balaban J connectivity index is 1.63. The molecular weight excluding hydrogens is 344 g/mol. The quantitative estimate of drug-likeness (QED) is 0.658. The van der Waals surface area contributed by atoms with Gasteiger partial charge in [-0.15, -0.1) is 0 Å². The molecule has 1 atom stereocenters. The summed E-state index contributed by atoms with van der Waals surface area (Å²) in [6.45, 7) is 0.789. The van der Waals surface area contributed by atoms with E-state index in [9.17, 15) is 4.79 Å². The van der Waals surface area contributed by atoms with Gasteiger partial charge in [-0.1, -0.05) is 17.8 Å². The first-order chi connectivity index (χ1) is 12.8. The largest absolute Gasteiger partial charge is 0.332 e. The minimum absolute atomic E-state index is 0.0805. The Hall–Kier alpha value is -2.60. The zero-order chi connectivity index (χ0) is 17.9. The SMILES string of the molecule is CSc1nccn1-c1cccc(C(=O)N2CCC[C@H]2c2ccncc2)c1. The summed E-state index contributed by atoms with van der Waals surface area (Å²) >= 11 is 1.58. The van der Waals surface area contributed by atoms with Gasteiger partial charge in [0.25, 0.3) is 5.91 Å². The number of aromatic nitrogens is 3. The molecule has 0 N–H and O–H groups in total. The van der Waals surface area contributed by atoms with Crippen molar-refractivity contribution in [2.24, 2.45) is 0 Å². The van der Waals surface area contributed by atoms with Gasteiger partial charge < -0.3 is 4.90 Å². The summed E-state index contributed by atoms with van der Waals surface area (Å²) in [4.78, 5) is 23.6. The minimum Gasteiger partial charge on any atom is -0.332 e. The molecule has 1 fully saturated rings. The fourth-order valence-corrected chi connectivity index (χ4v) is 4.06. The molecule has 6 heteroatoms. The zero-order valence-electron chi connectivity index (χ0n) is 14.6. The number of amides is 1. The summed E-state index contributed by atoms with van der Waals surface area (Å²) in [5.41, 5.74) is 2.82. The molecule has 0 unspecified atom stereocenters. The van der Waals surface area contributed by atoms with Crippen LogP contribution in [-0.2, 0) is 0 Å². The maximum absolute atomic E-state index is 13.2. The van der Waals surface area contributed by atoms with E-state index in [1.807, 2.05) is 58.3 Å². The first-order valence-corrected chi connectivity index (χ1v) is 9.89. The Labute approximate surface area is 157 Å². The molecule has 0 saturated carbocycles. The molecule has 1 aliphatic heterocycles. The van der Waals surface area contributed by atoms with E-state index in [4.69, 9.17) is 0 Å². The predicted octanol–water partition coefficient (Wildman–Crippen LogP) is 3.97. The average Bonchev–Trinajstić information content (AvgIpc) is 3.37. The molecule has 4 rings (SSSR count). The lowest BCUT2D eigenvalue weighted by atomic mass is 10.1. The van der Waals surface area contributed by atoms with E-state index in [0.29, 0.717) is 5.56 Å². The summed E-state index contributed by atoms with van der Waals surface area (Å²) < 4.78 is 2.01. The van der Waals surface area contributed by atoms with Gasteiger partial charge in [-0.05, 0) is 55.0 Å². The maximum Gasteiger partial charge on any atom is 0.254 e.